The number of benzene rings is 4. The smallest absolute Gasteiger partial charge is 0.0936 e. The molecule has 166 valence electrons. The first-order valence-corrected chi connectivity index (χ1v) is 14.5. The molecule has 5 heteroatoms. The summed E-state index contributed by atoms with van der Waals surface area (Å²) in [7, 11) is 0. The molecular formula is C28H25NS4. The van der Waals surface area contributed by atoms with Crippen LogP contribution in [0.4, 0.5) is 5.69 Å². The molecule has 0 aliphatic rings. The quantitative estimate of drug-likeness (QED) is 0.0976. The van der Waals surface area contributed by atoms with E-state index in [1.807, 2.05) is 53.5 Å². The van der Waals surface area contributed by atoms with Crippen LogP contribution in [0.1, 0.15) is 0 Å². The van der Waals surface area contributed by atoms with Crippen molar-refractivity contribution < 1.29 is 0 Å². The fourth-order valence-corrected chi connectivity index (χ4v) is 8.67. The summed E-state index contributed by atoms with van der Waals surface area (Å²) < 4.78 is 0.253. The molecule has 1 nitrogen and oxygen atoms in total. The van der Waals surface area contributed by atoms with Crippen molar-refractivity contribution in [2.75, 3.05) is 6.26 Å². The van der Waals surface area contributed by atoms with E-state index in [2.05, 4.69) is 109 Å². The fourth-order valence-electron chi connectivity index (χ4n) is 3.13. The van der Waals surface area contributed by atoms with Crippen molar-refractivity contribution in [2.24, 2.45) is 4.99 Å². The summed E-state index contributed by atoms with van der Waals surface area (Å²) in [6.45, 7) is 0. The second-order valence-electron chi connectivity index (χ2n) is 7.09. The van der Waals surface area contributed by atoms with Gasteiger partial charge in [-0.25, -0.2) is 4.99 Å². The number of thioether (sulfide) groups is 4. The van der Waals surface area contributed by atoms with Crippen molar-refractivity contribution in [1.29, 1.82) is 0 Å². The third-order valence-corrected chi connectivity index (χ3v) is 9.93. The van der Waals surface area contributed by atoms with Gasteiger partial charge >= 0.3 is 0 Å². The summed E-state index contributed by atoms with van der Waals surface area (Å²) >= 11 is 7.47. The first-order valence-electron chi connectivity index (χ1n) is 10.6. The first kappa shape index (κ1) is 24.1. The van der Waals surface area contributed by atoms with Crippen LogP contribution < -0.4 is 0 Å². The van der Waals surface area contributed by atoms with E-state index >= 15 is 0 Å². The zero-order valence-corrected chi connectivity index (χ0v) is 21.5. The minimum absolute atomic E-state index is 0.200. The van der Waals surface area contributed by atoms with Gasteiger partial charge in [-0.1, -0.05) is 84.6 Å². The average Bonchev–Trinajstić information content (AvgIpc) is 2.87. The highest BCUT2D eigenvalue weighted by Gasteiger charge is 2.29. The third kappa shape index (κ3) is 7.47. The van der Waals surface area contributed by atoms with Gasteiger partial charge in [-0.15, -0.1) is 23.5 Å². The highest BCUT2D eigenvalue weighted by atomic mass is 32.2. The Bertz CT molecular complexity index is 1080. The number of hydrogen-bond acceptors (Lipinski definition) is 5. The number of hydrogen-bond donors (Lipinski definition) is 0. The molecule has 0 fully saturated rings. The van der Waals surface area contributed by atoms with E-state index in [4.69, 9.17) is 4.99 Å². The second kappa shape index (κ2) is 13.0. The molecule has 0 spiro atoms. The van der Waals surface area contributed by atoms with E-state index in [1.54, 1.807) is 11.8 Å². The van der Waals surface area contributed by atoms with Crippen LogP contribution >= 0.6 is 47.0 Å². The summed E-state index contributed by atoms with van der Waals surface area (Å²) in [5, 5.41) is 1.32. The Kier molecular flexibility index (Phi) is 9.48. The standard InChI is InChI=1S/C28H25NS4/c1-30-26(27(29-22-14-6-2-7-15-22)31-23-16-8-3-9-17-23)28(32-24-18-10-4-11-19-24)33-25-20-12-5-13-21-25/h2-21,26,28H,1H3. The molecule has 1 unspecified atom stereocenters. The van der Waals surface area contributed by atoms with Crippen molar-refractivity contribution in [3.63, 3.8) is 0 Å². The Morgan fingerprint density at radius 1 is 0.576 bits per heavy atom. The van der Waals surface area contributed by atoms with Gasteiger partial charge in [-0.05, 0) is 54.8 Å². The molecule has 33 heavy (non-hydrogen) atoms. The van der Waals surface area contributed by atoms with E-state index in [0.717, 1.165) is 10.7 Å². The van der Waals surface area contributed by atoms with E-state index in [1.165, 1.54) is 14.7 Å². The van der Waals surface area contributed by atoms with Gasteiger partial charge in [0.1, 0.15) is 0 Å². The normalized spacial score (nSPS) is 12.6. The van der Waals surface area contributed by atoms with Crippen molar-refractivity contribution in [2.45, 2.75) is 24.5 Å². The molecule has 4 rings (SSSR count). The first-order chi connectivity index (χ1) is 16.3. The summed E-state index contributed by atoms with van der Waals surface area (Å²) in [4.78, 5) is 8.91. The van der Waals surface area contributed by atoms with Crippen LogP contribution in [0.25, 0.3) is 0 Å². The summed E-state index contributed by atoms with van der Waals surface area (Å²) in [6.07, 6.45) is 2.20. The molecule has 0 saturated carbocycles. The van der Waals surface area contributed by atoms with Crippen molar-refractivity contribution in [1.82, 2.24) is 0 Å². The van der Waals surface area contributed by atoms with Crippen LogP contribution in [0, 0.1) is 0 Å². The molecule has 0 aliphatic heterocycles. The Morgan fingerprint density at radius 3 is 1.45 bits per heavy atom. The maximum absolute atomic E-state index is 5.16. The number of para-hydroxylation sites is 1. The largest absolute Gasteiger partial charge is 0.245 e. The van der Waals surface area contributed by atoms with Gasteiger partial charge in [-0.3, -0.25) is 0 Å². The van der Waals surface area contributed by atoms with Crippen LogP contribution in [-0.2, 0) is 0 Å². The summed E-state index contributed by atoms with van der Waals surface area (Å²) in [5.41, 5.74) is 0.989. The van der Waals surface area contributed by atoms with Crippen LogP contribution in [-0.4, -0.2) is 21.1 Å². The minimum atomic E-state index is 0.200. The third-order valence-electron chi connectivity index (χ3n) is 4.70. The van der Waals surface area contributed by atoms with Gasteiger partial charge < -0.3 is 0 Å². The van der Waals surface area contributed by atoms with Crippen LogP contribution in [0.15, 0.2) is 141 Å². The van der Waals surface area contributed by atoms with Gasteiger partial charge in [0.05, 0.1) is 20.6 Å². The molecule has 0 heterocycles. The average molecular weight is 504 g/mol. The Balaban J connectivity index is 1.71. The van der Waals surface area contributed by atoms with Gasteiger partial charge in [0.25, 0.3) is 0 Å². The number of rotatable bonds is 9. The number of aliphatic imine (C=N–C) groups is 1. The fraction of sp³-hybridized carbons (Fsp3) is 0.107. The lowest BCUT2D eigenvalue weighted by Gasteiger charge is -2.26. The van der Waals surface area contributed by atoms with E-state index in [-0.39, 0.29) is 9.83 Å². The lowest BCUT2D eigenvalue weighted by atomic mass is 10.3. The second-order valence-corrected chi connectivity index (χ2v) is 11.9. The van der Waals surface area contributed by atoms with Gasteiger partial charge in [-0.2, -0.15) is 11.8 Å². The maximum atomic E-state index is 5.16. The monoisotopic (exact) mass is 503 g/mol. The van der Waals surface area contributed by atoms with E-state index in [9.17, 15) is 0 Å². The number of nitrogens with zero attached hydrogens (tertiary/aromatic N) is 1. The zero-order chi connectivity index (χ0) is 22.7. The predicted octanol–water partition coefficient (Wildman–Crippen LogP) is 9.15. The van der Waals surface area contributed by atoms with E-state index < -0.39 is 0 Å². The summed E-state index contributed by atoms with van der Waals surface area (Å²) in [5.74, 6) is 0. The highest BCUT2D eigenvalue weighted by molar-refractivity contribution is 8.20. The molecule has 0 saturated heterocycles. The topological polar surface area (TPSA) is 12.4 Å². The van der Waals surface area contributed by atoms with Crippen LogP contribution in [0.2, 0.25) is 0 Å². The van der Waals surface area contributed by atoms with Gasteiger partial charge in [0, 0.05) is 14.7 Å². The molecule has 0 amide bonds. The Morgan fingerprint density at radius 2 is 1.00 bits per heavy atom. The lowest BCUT2D eigenvalue weighted by Crippen LogP contribution is -2.24. The van der Waals surface area contributed by atoms with Crippen molar-refractivity contribution >= 4 is 57.8 Å². The molecule has 0 N–H and O–H groups in total. The van der Waals surface area contributed by atoms with Crippen molar-refractivity contribution in [3.8, 4) is 0 Å². The molecule has 1 atom stereocenters. The lowest BCUT2D eigenvalue weighted by molar-refractivity contribution is 1.25. The van der Waals surface area contributed by atoms with Crippen LogP contribution in [0.3, 0.4) is 0 Å². The minimum Gasteiger partial charge on any atom is -0.245 e. The molecule has 4 aromatic carbocycles. The summed E-state index contributed by atoms with van der Waals surface area (Å²) in [6, 6.07) is 42.2. The highest BCUT2D eigenvalue weighted by Crippen LogP contribution is 2.43. The molecule has 0 bridgehead atoms. The zero-order valence-electron chi connectivity index (χ0n) is 18.3. The maximum Gasteiger partial charge on any atom is 0.0936 e. The molecule has 0 aromatic heterocycles. The molecule has 4 aromatic rings. The Hall–Kier alpha value is -2.05. The van der Waals surface area contributed by atoms with Gasteiger partial charge in [0.15, 0.2) is 0 Å². The Labute approximate surface area is 213 Å². The molecule has 0 aliphatic carbocycles. The van der Waals surface area contributed by atoms with Gasteiger partial charge in [0.2, 0.25) is 0 Å². The molecular weight excluding hydrogens is 479 g/mol. The van der Waals surface area contributed by atoms with Crippen molar-refractivity contribution in [3.05, 3.63) is 121 Å². The van der Waals surface area contributed by atoms with E-state index in [0.29, 0.717) is 0 Å². The predicted molar refractivity (Wildman–Crippen MR) is 152 cm³/mol. The SMILES string of the molecule is CSC(C(=Nc1ccccc1)Sc1ccccc1)C(Sc1ccccc1)Sc1ccccc1. The molecule has 0 radical (unpaired) electrons. The van der Waals surface area contributed by atoms with Crippen LogP contribution in [0.5, 0.6) is 0 Å².